The minimum atomic E-state index is -0.0976. The largest absolute Gasteiger partial charge is 0 e. The summed E-state index contributed by atoms with van der Waals surface area (Å²) in [6.45, 7) is 13.5. The van der Waals surface area contributed by atoms with Crippen molar-refractivity contribution in [2.45, 2.75) is 12.5 Å². The zero-order valence-electron chi connectivity index (χ0n) is 15.3. The number of methoxy groups -OCH3 is 1. The Morgan fingerprint density at radius 3 is 2.07 bits per heavy atom. The zero-order chi connectivity index (χ0) is 21.5. The first kappa shape index (κ1) is 28.7. The van der Waals surface area contributed by atoms with E-state index >= 15 is 0 Å². The fraction of sp³-hybridized carbons (Fsp3) is 0.143. The van der Waals surface area contributed by atoms with Gasteiger partial charge in [0.15, 0.2) is 5.78 Å². The van der Waals surface area contributed by atoms with Crippen molar-refractivity contribution in [3.8, 4) is 5.75 Å². The molecular formula is C21H16ClCrNO5. The molecule has 6 nitrogen and oxygen atoms in total. The summed E-state index contributed by atoms with van der Waals surface area (Å²) in [6, 6.07) is 15.3. The Kier molecular flexibility index (Phi) is 16.3. The molecule has 0 aromatic heterocycles. The van der Waals surface area contributed by atoms with Gasteiger partial charge < -0.3 is 9.64 Å². The van der Waals surface area contributed by atoms with E-state index in [9.17, 15) is 4.79 Å². The van der Waals surface area contributed by atoms with E-state index in [1.54, 1.807) is 13.2 Å². The number of hydrogen-bond acceptors (Lipinski definition) is 3. The number of carbonyl (C=O) groups is 1. The van der Waals surface area contributed by atoms with Crippen LogP contribution < -0.4 is 9.64 Å². The summed E-state index contributed by atoms with van der Waals surface area (Å²) in [4.78, 5) is 13.9. The van der Waals surface area contributed by atoms with Crippen molar-refractivity contribution >= 4 is 23.1 Å². The number of rotatable bonds is 3. The Morgan fingerprint density at radius 2 is 1.55 bits per heavy atom. The van der Waals surface area contributed by atoms with Crippen molar-refractivity contribution in [2.75, 3.05) is 12.0 Å². The van der Waals surface area contributed by atoms with Crippen molar-refractivity contribution < 1.29 is 40.8 Å². The van der Waals surface area contributed by atoms with E-state index in [1.807, 2.05) is 54.7 Å². The van der Waals surface area contributed by atoms with Crippen molar-refractivity contribution in [3.63, 3.8) is 0 Å². The van der Waals surface area contributed by atoms with Gasteiger partial charge in [0.25, 0.3) is 0 Å². The molecule has 3 rings (SSSR count). The van der Waals surface area contributed by atoms with Gasteiger partial charge in [-0.15, -0.1) is 0 Å². The zero-order valence-corrected chi connectivity index (χ0v) is 17.4. The molecule has 0 aliphatic carbocycles. The fourth-order valence-electron chi connectivity index (χ4n) is 2.65. The normalized spacial score (nSPS) is 13.6. The van der Waals surface area contributed by atoms with Gasteiger partial charge in [0.05, 0.1) is 13.2 Å². The summed E-state index contributed by atoms with van der Waals surface area (Å²) >= 11 is 6.32. The molecule has 0 saturated carbocycles. The minimum Gasteiger partial charge on any atom is 0 e. The maximum atomic E-state index is 11.9. The van der Waals surface area contributed by atoms with Gasteiger partial charge in [0, 0.05) is 40.7 Å². The first-order valence-electron chi connectivity index (χ1n) is 7.68. The second kappa shape index (κ2) is 16.4. The van der Waals surface area contributed by atoms with Gasteiger partial charge in [0.1, 0.15) is 5.75 Å². The molecule has 2 aromatic carbocycles. The fourth-order valence-corrected chi connectivity index (χ4v) is 2.91. The summed E-state index contributed by atoms with van der Waals surface area (Å²) in [5, 5.41) is 0.675. The smallest absolute Gasteiger partial charge is 0 e. The van der Waals surface area contributed by atoms with Crippen LogP contribution in [0.3, 0.4) is 0 Å². The first-order valence-corrected chi connectivity index (χ1v) is 8.06. The van der Waals surface area contributed by atoms with Gasteiger partial charge in [-0.3, -0.25) is 4.79 Å². The number of nitrogens with zero attached hydrogens (tertiary/aromatic N) is 1. The first-order chi connectivity index (χ1) is 13.7. The number of carbonyl (C=O) groups excluding carboxylic acids is 1. The molecule has 1 aliphatic heterocycles. The van der Waals surface area contributed by atoms with E-state index in [-0.39, 0.29) is 29.2 Å². The molecule has 0 fully saturated rings. The molecule has 29 heavy (non-hydrogen) atoms. The van der Waals surface area contributed by atoms with Gasteiger partial charge >= 0.3 is 33.9 Å². The van der Waals surface area contributed by atoms with Crippen molar-refractivity contribution in [1.29, 1.82) is 0 Å². The molecule has 0 bridgehead atoms. The van der Waals surface area contributed by atoms with E-state index in [4.69, 9.17) is 30.3 Å². The topological polar surface area (TPSA) is 89.2 Å². The third kappa shape index (κ3) is 8.17. The molecule has 0 amide bonds. The van der Waals surface area contributed by atoms with E-state index in [0.29, 0.717) is 11.4 Å². The molecule has 1 heterocycles. The van der Waals surface area contributed by atoms with Crippen LogP contribution in [-0.4, -0.2) is 12.9 Å². The number of anilines is 1. The maximum absolute atomic E-state index is 11.9. The Morgan fingerprint density at radius 1 is 1.00 bits per heavy atom. The Labute approximate surface area is 185 Å². The summed E-state index contributed by atoms with van der Waals surface area (Å²) in [7, 11) is 1.64. The van der Waals surface area contributed by atoms with Crippen LogP contribution in [-0.2, 0) is 36.1 Å². The Bertz CT molecular complexity index is 832. The van der Waals surface area contributed by atoms with Crippen LogP contribution in [0.2, 0.25) is 5.02 Å². The predicted octanol–water partition coefficient (Wildman–Crippen LogP) is 4.27. The van der Waals surface area contributed by atoms with E-state index in [1.165, 1.54) is 0 Å². The van der Waals surface area contributed by atoms with Crippen LogP contribution >= 0.6 is 11.6 Å². The van der Waals surface area contributed by atoms with Crippen LogP contribution in [0.15, 0.2) is 60.8 Å². The molecule has 1 atom stereocenters. The Balaban J connectivity index is 0. The summed E-state index contributed by atoms with van der Waals surface area (Å²) in [6.07, 6.45) is 3.84. The van der Waals surface area contributed by atoms with Gasteiger partial charge in [-0.05, 0) is 42.0 Å². The predicted molar refractivity (Wildman–Crippen MR) is 100 cm³/mol. The number of ketones is 1. The number of allylic oxidation sites excluding steroid dienone is 1. The molecule has 0 N–H and O–H groups in total. The molecule has 0 radical (unpaired) electrons. The number of hydrogen-bond donors (Lipinski definition) is 0. The van der Waals surface area contributed by atoms with Gasteiger partial charge in [-0.1, -0.05) is 29.8 Å². The number of benzene rings is 2. The van der Waals surface area contributed by atoms with Crippen molar-refractivity contribution in [3.05, 3.63) is 91.3 Å². The van der Waals surface area contributed by atoms with Crippen LogP contribution in [0.1, 0.15) is 18.0 Å². The van der Waals surface area contributed by atoms with Gasteiger partial charge in [-0.25, -0.2) is 0 Å². The van der Waals surface area contributed by atoms with E-state index in [0.717, 1.165) is 17.0 Å². The monoisotopic (exact) mass is 449 g/mol. The average molecular weight is 450 g/mol. The quantitative estimate of drug-likeness (QED) is 0.517. The molecule has 1 aliphatic rings. The molecule has 1 unspecified atom stereocenters. The SMILES string of the molecule is COc1ccc(N2C=CC(=O)CC2c2ccccc2Cl)cc1.[C-]#[O+].[C-]#[O+].[C-]#[O+].[Cr]. The maximum Gasteiger partial charge on any atom is 0 e. The van der Waals surface area contributed by atoms with Gasteiger partial charge in [-0.2, -0.15) is 0 Å². The third-order valence-corrected chi connectivity index (χ3v) is 4.13. The molecule has 148 valence electrons. The summed E-state index contributed by atoms with van der Waals surface area (Å²) < 4.78 is 27.7. The second-order valence-electron chi connectivity index (χ2n) is 5.13. The summed E-state index contributed by atoms with van der Waals surface area (Å²) in [5.41, 5.74) is 1.95. The van der Waals surface area contributed by atoms with E-state index in [2.05, 4.69) is 24.9 Å². The standard InChI is InChI=1S/C18H16ClNO2.3CO.Cr/c1-22-15-8-6-13(7-9-15)20-11-10-14(21)12-18(20)16-4-2-3-5-17(16)19;3*1-2;/h2-11,18H,12H2,1H3;;;;. The molecule has 2 aromatic rings. The van der Waals surface area contributed by atoms with Crippen LogP contribution in [0.4, 0.5) is 5.69 Å². The van der Waals surface area contributed by atoms with Gasteiger partial charge in [0.2, 0.25) is 0 Å². The van der Waals surface area contributed by atoms with Crippen molar-refractivity contribution in [2.24, 2.45) is 0 Å². The number of ether oxygens (including phenoxy) is 1. The molecule has 8 heteroatoms. The average Bonchev–Trinajstić information content (AvgIpc) is 2.78. The molecule has 0 saturated heterocycles. The minimum absolute atomic E-state index is 0. The Hall–Kier alpha value is -2.51. The summed E-state index contributed by atoms with van der Waals surface area (Å²) in [5.74, 6) is 0.907. The third-order valence-electron chi connectivity index (χ3n) is 3.79. The molecular weight excluding hydrogens is 434 g/mol. The van der Waals surface area contributed by atoms with Crippen LogP contribution in [0.25, 0.3) is 0 Å². The molecule has 0 spiro atoms. The second-order valence-corrected chi connectivity index (χ2v) is 5.54. The van der Waals surface area contributed by atoms with E-state index < -0.39 is 0 Å². The van der Waals surface area contributed by atoms with Crippen molar-refractivity contribution in [1.82, 2.24) is 0 Å². The van der Waals surface area contributed by atoms with Crippen LogP contribution in [0.5, 0.6) is 5.75 Å². The van der Waals surface area contributed by atoms with Crippen LogP contribution in [0, 0.1) is 20.0 Å². The number of halogens is 1.